The molecule has 0 fully saturated rings. The number of hydrogen-bond donors (Lipinski definition) is 1. The summed E-state index contributed by atoms with van der Waals surface area (Å²) in [6.45, 7) is 2.62. The number of nitrogens with one attached hydrogen (secondary N) is 1. The van der Waals surface area contributed by atoms with Gasteiger partial charge in [0.25, 0.3) is 5.69 Å². The first-order valence-electron chi connectivity index (χ1n) is 5.09. The first kappa shape index (κ1) is 13.0. The fourth-order valence-corrected chi connectivity index (χ4v) is 2.05. The van der Waals surface area contributed by atoms with Crippen LogP contribution in [0.4, 0.5) is 5.69 Å². The third-order valence-electron chi connectivity index (χ3n) is 2.25. The van der Waals surface area contributed by atoms with Crippen LogP contribution in [0.2, 0.25) is 0 Å². The lowest BCUT2D eigenvalue weighted by atomic mass is 10.2. The molecule has 1 atom stereocenters. The number of nitrogens with zero attached hydrogens (tertiary/aromatic N) is 1. The molecule has 0 spiro atoms. The fourth-order valence-electron chi connectivity index (χ4n) is 1.43. The highest BCUT2D eigenvalue weighted by atomic mass is 32.2. The molecule has 0 heterocycles. The Morgan fingerprint density at radius 2 is 2.19 bits per heavy atom. The number of nitro groups is 1. The second-order valence-corrected chi connectivity index (χ2v) is 4.53. The SMILES string of the molecule is CSCC(C)NCc1ccccc1[N+](=O)[O-]. The molecule has 0 aliphatic rings. The normalized spacial score (nSPS) is 12.4. The van der Waals surface area contributed by atoms with Gasteiger partial charge in [-0.05, 0) is 13.2 Å². The summed E-state index contributed by atoms with van der Waals surface area (Å²) in [6, 6.07) is 7.19. The van der Waals surface area contributed by atoms with Gasteiger partial charge in [-0.2, -0.15) is 11.8 Å². The highest BCUT2D eigenvalue weighted by Crippen LogP contribution is 2.17. The minimum atomic E-state index is -0.337. The summed E-state index contributed by atoms with van der Waals surface area (Å²) in [5.74, 6) is 1.00. The van der Waals surface area contributed by atoms with Crippen LogP contribution in [-0.2, 0) is 6.54 Å². The molecule has 0 aromatic heterocycles. The van der Waals surface area contributed by atoms with Gasteiger partial charge < -0.3 is 5.32 Å². The van der Waals surface area contributed by atoms with E-state index in [-0.39, 0.29) is 10.6 Å². The van der Waals surface area contributed by atoms with E-state index in [9.17, 15) is 10.1 Å². The Kier molecular flexibility index (Phi) is 5.28. The van der Waals surface area contributed by atoms with Crippen LogP contribution in [0.25, 0.3) is 0 Å². The van der Waals surface area contributed by atoms with Crippen molar-refractivity contribution in [2.24, 2.45) is 0 Å². The van der Waals surface area contributed by atoms with Crippen LogP contribution in [0, 0.1) is 10.1 Å². The predicted octanol–water partition coefficient (Wildman–Crippen LogP) is 2.44. The average Bonchev–Trinajstić information content (AvgIpc) is 2.27. The third-order valence-corrected chi connectivity index (χ3v) is 3.08. The van der Waals surface area contributed by atoms with E-state index < -0.39 is 0 Å². The van der Waals surface area contributed by atoms with E-state index in [4.69, 9.17) is 0 Å². The van der Waals surface area contributed by atoms with Gasteiger partial charge >= 0.3 is 0 Å². The number of rotatable bonds is 6. The number of thioether (sulfide) groups is 1. The largest absolute Gasteiger partial charge is 0.309 e. The van der Waals surface area contributed by atoms with Gasteiger partial charge in [-0.25, -0.2) is 0 Å². The van der Waals surface area contributed by atoms with Crippen molar-refractivity contribution in [1.82, 2.24) is 5.32 Å². The van der Waals surface area contributed by atoms with Crippen LogP contribution in [0.15, 0.2) is 24.3 Å². The average molecular weight is 240 g/mol. The Labute approximate surface area is 99.6 Å². The summed E-state index contributed by atoms with van der Waals surface area (Å²) in [5.41, 5.74) is 0.923. The molecule has 0 aliphatic carbocycles. The lowest BCUT2D eigenvalue weighted by Crippen LogP contribution is -2.27. The lowest BCUT2D eigenvalue weighted by Gasteiger charge is -2.12. The maximum Gasteiger partial charge on any atom is 0.273 e. The van der Waals surface area contributed by atoms with Crippen LogP contribution in [-0.4, -0.2) is 23.0 Å². The van der Waals surface area contributed by atoms with Crippen LogP contribution >= 0.6 is 11.8 Å². The zero-order valence-electron chi connectivity index (χ0n) is 9.47. The van der Waals surface area contributed by atoms with E-state index in [1.54, 1.807) is 23.9 Å². The monoisotopic (exact) mass is 240 g/mol. The molecule has 0 saturated carbocycles. The lowest BCUT2D eigenvalue weighted by molar-refractivity contribution is -0.385. The Morgan fingerprint density at radius 1 is 1.50 bits per heavy atom. The molecular formula is C11H16N2O2S. The van der Waals surface area contributed by atoms with E-state index in [2.05, 4.69) is 12.2 Å². The van der Waals surface area contributed by atoms with Crippen molar-refractivity contribution in [3.63, 3.8) is 0 Å². The van der Waals surface area contributed by atoms with Crippen LogP contribution < -0.4 is 5.32 Å². The summed E-state index contributed by atoms with van der Waals surface area (Å²) in [4.78, 5) is 10.4. The van der Waals surface area contributed by atoms with E-state index in [1.165, 1.54) is 6.07 Å². The minimum absolute atomic E-state index is 0.186. The van der Waals surface area contributed by atoms with Crippen molar-refractivity contribution in [3.8, 4) is 0 Å². The summed E-state index contributed by atoms with van der Waals surface area (Å²) >= 11 is 1.76. The summed E-state index contributed by atoms with van der Waals surface area (Å²) in [7, 11) is 0. The van der Waals surface area contributed by atoms with Gasteiger partial charge in [0, 0.05) is 30.0 Å². The smallest absolute Gasteiger partial charge is 0.273 e. The first-order chi connectivity index (χ1) is 7.65. The molecule has 16 heavy (non-hydrogen) atoms. The quantitative estimate of drug-likeness (QED) is 0.613. The maximum atomic E-state index is 10.8. The van der Waals surface area contributed by atoms with Crippen molar-refractivity contribution < 1.29 is 4.92 Å². The van der Waals surface area contributed by atoms with Gasteiger partial charge in [-0.3, -0.25) is 10.1 Å². The molecule has 0 saturated heterocycles. The van der Waals surface area contributed by atoms with Crippen molar-refractivity contribution >= 4 is 17.4 Å². The molecule has 1 N–H and O–H groups in total. The van der Waals surface area contributed by atoms with Crippen molar-refractivity contribution in [2.45, 2.75) is 19.5 Å². The van der Waals surface area contributed by atoms with E-state index >= 15 is 0 Å². The van der Waals surface area contributed by atoms with Crippen molar-refractivity contribution in [2.75, 3.05) is 12.0 Å². The molecule has 1 unspecified atom stereocenters. The van der Waals surface area contributed by atoms with E-state index in [0.29, 0.717) is 12.6 Å². The molecule has 1 rings (SSSR count). The van der Waals surface area contributed by atoms with Crippen molar-refractivity contribution in [3.05, 3.63) is 39.9 Å². The van der Waals surface area contributed by atoms with Crippen molar-refractivity contribution in [1.29, 1.82) is 0 Å². The summed E-state index contributed by atoms with van der Waals surface area (Å²) in [5, 5.41) is 14.0. The second-order valence-electron chi connectivity index (χ2n) is 3.62. The topological polar surface area (TPSA) is 55.2 Å². The predicted molar refractivity (Wildman–Crippen MR) is 67.8 cm³/mol. The van der Waals surface area contributed by atoms with Crippen LogP contribution in [0.1, 0.15) is 12.5 Å². The maximum absolute atomic E-state index is 10.8. The molecule has 88 valence electrons. The minimum Gasteiger partial charge on any atom is -0.309 e. The molecule has 0 bridgehead atoms. The van der Waals surface area contributed by atoms with Gasteiger partial charge in [0.15, 0.2) is 0 Å². The highest BCUT2D eigenvalue weighted by molar-refractivity contribution is 7.98. The molecule has 4 nitrogen and oxygen atoms in total. The molecule has 0 aliphatic heterocycles. The fraction of sp³-hybridized carbons (Fsp3) is 0.455. The van der Waals surface area contributed by atoms with E-state index in [1.807, 2.05) is 12.3 Å². The zero-order chi connectivity index (χ0) is 12.0. The summed E-state index contributed by atoms with van der Waals surface area (Å²) < 4.78 is 0. The summed E-state index contributed by atoms with van der Waals surface area (Å²) in [6.07, 6.45) is 2.04. The Hall–Kier alpha value is -1.07. The molecule has 5 heteroatoms. The van der Waals surface area contributed by atoms with Gasteiger partial charge in [0.05, 0.1) is 4.92 Å². The number of hydrogen-bond acceptors (Lipinski definition) is 4. The van der Waals surface area contributed by atoms with Gasteiger partial charge in [0.1, 0.15) is 0 Å². The second kappa shape index (κ2) is 6.50. The molecular weight excluding hydrogens is 224 g/mol. The number of nitro benzene ring substituents is 1. The van der Waals surface area contributed by atoms with Crippen LogP contribution in [0.5, 0.6) is 0 Å². The third kappa shape index (κ3) is 3.83. The zero-order valence-corrected chi connectivity index (χ0v) is 10.3. The molecule has 0 radical (unpaired) electrons. The molecule has 1 aromatic carbocycles. The number of para-hydroxylation sites is 1. The van der Waals surface area contributed by atoms with Crippen LogP contribution in [0.3, 0.4) is 0 Å². The van der Waals surface area contributed by atoms with Gasteiger partial charge in [-0.15, -0.1) is 0 Å². The van der Waals surface area contributed by atoms with Gasteiger partial charge in [0.2, 0.25) is 0 Å². The first-order valence-corrected chi connectivity index (χ1v) is 6.49. The van der Waals surface area contributed by atoms with E-state index in [0.717, 1.165) is 11.3 Å². The molecule has 1 aromatic rings. The highest BCUT2D eigenvalue weighted by Gasteiger charge is 2.12. The van der Waals surface area contributed by atoms with Gasteiger partial charge in [-0.1, -0.05) is 18.2 Å². The molecule has 0 amide bonds. The Bertz CT molecular complexity index is 358. The Morgan fingerprint density at radius 3 is 2.81 bits per heavy atom. The standard InChI is InChI=1S/C11H16N2O2S/c1-9(8-16-2)12-7-10-5-3-4-6-11(10)13(14)15/h3-6,9,12H,7-8H2,1-2H3. The Balaban J connectivity index is 2.63. The number of benzene rings is 1.